The van der Waals surface area contributed by atoms with Crippen LogP contribution in [0.15, 0.2) is 57.7 Å². The van der Waals surface area contributed by atoms with E-state index in [0.717, 1.165) is 5.56 Å². The van der Waals surface area contributed by atoms with Gasteiger partial charge in [0.25, 0.3) is 5.91 Å². The van der Waals surface area contributed by atoms with Crippen LogP contribution in [-0.2, 0) is 4.79 Å². The third-order valence-corrected chi connectivity index (χ3v) is 3.88. The highest BCUT2D eigenvalue weighted by atomic mass is 35.5. The summed E-state index contributed by atoms with van der Waals surface area (Å²) in [6, 6.07) is 14.0. The van der Waals surface area contributed by atoms with E-state index in [0.29, 0.717) is 21.6 Å². The van der Waals surface area contributed by atoms with Crippen molar-refractivity contribution >= 4 is 28.5 Å². The van der Waals surface area contributed by atoms with E-state index >= 15 is 0 Å². The molecule has 0 saturated carbocycles. The molecule has 0 saturated heterocycles. The van der Waals surface area contributed by atoms with E-state index in [4.69, 9.17) is 26.5 Å². The summed E-state index contributed by atoms with van der Waals surface area (Å²) in [5, 5.41) is 0.964. The Morgan fingerprint density at radius 1 is 1.21 bits per heavy atom. The van der Waals surface area contributed by atoms with Crippen molar-refractivity contribution in [2.75, 3.05) is 0 Å². The number of nitrogens with two attached hydrogens (primary N) is 1. The molecule has 1 amide bonds. The highest BCUT2D eigenvalue weighted by Gasteiger charge is 2.16. The summed E-state index contributed by atoms with van der Waals surface area (Å²) < 4.78 is 10.7. The molecule has 0 spiro atoms. The molecule has 6 heteroatoms. The molecule has 0 aliphatic carbocycles. The lowest BCUT2D eigenvalue weighted by atomic mass is 10.0. The van der Waals surface area contributed by atoms with Crippen molar-refractivity contribution in [1.29, 1.82) is 0 Å². The van der Waals surface area contributed by atoms with Crippen molar-refractivity contribution in [3.63, 3.8) is 0 Å². The SMILES string of the molecule is C[C@H](Oc1cc2oc(=O)cc(-c3ccccc3)c2cc1Cl)C(N)=O. The van der Waals surface area contributed by atoms with Crippen LogP contribution in [0, 0.1) is 0 Å². The smallest absolute Gasteiger partial charge is 0.336 e. The van der Waals surface area contributed by atoms with Gasteiger partial charge in [-0.15, -0.1) is 0 Å². The predicted molar refractivity (Wildman–Crippen MR) is 92.2 cm³/mol. The summed E-state index contributed by atoms with van der Waals surface area (Å²) in [6.07, 6.45) is -0.857. The summed E-state index contributed by atoms with van der Waals surface area (Å²) in [7, 11) is 0. The lowest BCUT2D eigenvalue weighted by Crippen LogP contribution is -2.30. The minimum Gasteiger partial charge on any atom is -0.479 e. The zero-order valence-corrected chi connectivity index (χ0v) is 13.5. The highest BCUT2D eigenvalue weighted by Crippen LogP contribution is 2.35. The summed E-state index contributed by atoms with van der Waals surface area (Å²) in [5.74, 6) is -0.394. The quantitative estimate of drug-likeness (QED) is 0.736. The molecule has 1 atom stereocenters. The molecule has 0 bridgehead atoms. The number of carbonyl (C=O) groups excluding carboxylic acids is 1. The first-order valence-corrected chi connectivity index (χ1v) is 7.62. The maximum absolute atomic E-state index is 11.9. The summed E-state index contributed by atoms with van der Waals surface area (Å²) in [6.45, 7) is 1.51. The number of fused-ring (bicyclic) bond motifs is 1. The Morgan fingerprint density at radius 2 is 1.92 bits per heavy atom. The van der Waals surface area contributed by atoms with Crippen molar-refractivity contribution in [3.05, 3.63) is 64.0 Å². The van der Waals surface area contributed by atoms with Gasteiger partial charge >= 0.3 is 5.63 Å². The average Bonchev–Trinajstić information content (AvgIpc) is 2.56. The maximum Gasteiger partial charge on any atom is 0.336 e. The molecular formula is C18H14ClNO4. The molecule has 2 aromatic carbocycles. The molecule has 0 unspecified atom stereocenters. The Morgan fingerprint density at radius 3 is 2.58 bits per heavy atom. The van der Waals surface area contributed by atoms with Crippen LogP contribution in [0.5, 0.6) is 5.75 Å². The molecule has 0 aliphatic rings. The first kappa shape index (κ1) is 16.1. The predicted octanol–water partition coefficient (Wildman–Crippen LogP) is 3.37. The minimum absolute atomic E-state index is 0.226. The van der Waals surface area contributed by atoms with Gasteiger partial charge in [0.15, 0.2) is 6.10 Å². The zero-order valence-electron chi connectivity index (χ0n) is 12.8. The Labute approximate surface area is 142 Å². The number of ether oxygens (including phenoxy) is 1. The number of primary amides is 1. The molecular weight excluding hydrogens is 330 g/mol. The van der Waals surface area contributed by atoms with Gasteiger partial charge in [-0.25, -0.2) is 4.79 Å². The number of amides is 1. The second kappa shape index (κ2) is 6.37. The van der Waals surface area contributed by atoms with Gasteiger partial charge < -0.3 is 14.9 Å². The lowest BCUT2D eigenvalue weighted by Gasteiger charge is -2.14. The average molecular weight is 344 g/mol. The van der Waals surface area contributed by atoms with Crippen LogP contribution < -0.4 is 16.1 Å². The van der Waals surface area contributed by atoms with Crippen LogP contribution in [0.3, 0.4) is 0 Å². The van der Waals surface area contributed by atoms with Gasteiger partial charge in [-0.05, 0) is 24.1 Å². The Kier molecular flexibility index (Phi) is 4.27. The fraction of sp³-hybridized carbons (Fsp3) is 0.111. The number of hydrogen-bond donors (Lipinski definition) is 1. The zero-order chi connectivity index (χ0) is 17.3. The molecule has 5 nitrogen and oxygen atoms in total. The van der Waals surface area contributed by atoms with Gasteiger partial charge in [0.2, 0.25) is 0 Å². The van der Waals surface area contributed by atoms with Crippen LogP contribution >= 0.6 is 11.6 Å². The number of rotatable bonds is 4. The van der Waals surface area contributed by atoms with Crippen molar-refractivity contribution in [1.82, 2.24) is 0 Å². The summed E-state index contributed by atoms with van der Waals surface area (Å²) in [4.78, 5) is 23.0. The van der Waals surface area contributed by atoms with E-state index in [9.17, 15) is 9.59 Å². The fourth-order valence-corrected chi connectivity index (χ4v) is 2.57. The van der Waals surface area contributed by atoms with E-state index < -0.39 is 17.6 Å². The second-order valence-electron chi connectivity index (χ2n) is 5.29. The third kappa shape index (κ3) is 3.12. The van der Waals surface area contributed by atoms with E-state index in [1.165, 1.54) is 19.1 Å². The standard InChI is InChI=1S/C18H14ClNO4/c1-10(18(20)22)23-16-9-15-13(7-14(16)19)12(8-17(21)24-15)11-5-3-2-4-6-11/h2-10H,1H3,(H2,20,22)/t10-/m0/s1. The first-order chi connectivity index (χ1) is 11.5. The van der Waals surface area contributed by atoms with Gasteiger partial charge in [0.1, 0.15) is 11.3 Å². The van der Waals surface area contributed by atoms with Crippen LogP contribution in [0.25, 0.3) is 22.1 Å². The van der Waals surface area contributed by atoms with E-state index in [1.54, 1.807) is 6.07 Å². The first-order valence-electron chi connectivity index (χ1n) is 7.24. The highest BCUT2D eigenvalue weighted by molar-refractivity contribution is 6.33. The van der Waals surface area contributed by atoms with Crippen LogP contribution in [0.4, 0.5) is 0 Å². The van der Waals surface area contributed by atoms with Crippen molar-refractivity contribution < 1.29 is 13.9 Å². The molecule has 0 radical (unpaired) electrons. The monoisotopic (exact) mass is 343 g/mol. The topological polar surface area (TPSA) is 82.5 Å². The largest absolute Gasteiger partial charge is 0.479 e. The molecule has 1 heterocycles. The summed E-state index contributed by atoms with van der Waals surface area (Å²) >= 11 is 6.25. The number of benzene rings is 2. The van der Waals surface area contributed by atoms with Crippen molar-refractivity contribution in [2.45, 2.75) is 13.0 Å². The Balaban J connectivity index is 2.18. The van der Waals surface area contributed by atoms with E-state index in [-0.39, 0.29) is 5.75 Å². The van der Waals surface area contributed by atoms with Gasteiger partial charge in [-0.1, -0.05) is 41.9 Å². The Bertz CT molecular complexity index is 966. The molecule has 3 aromatic rings. The fourth-order valence-electron chi connectivity index (χ4n) is 2.36. The lowest BCUT2D eigenvalue weighted by molar-refractivity contribution is -0.123. The van der Waals surface area contributed by atoms with Gasteiger partial charge in [0, 0.05) is 17.5 Å². The van der Waals surface area contributed by atoms with Gasteiger partial charge in [0.05, 0.1) is 5.02 Å². The maximum atomic E-state index is 11.9. The number of carbonyl (C=O) groups is 1. The van der Waals surface area contributed by atoms with Gasteiger partial charge in [-0.3, -0.25) is 4.79 Å². The van der Waals surface area contributed by atoms with Crippen LogP contribution in [0.2, 0.25) is 5.02 Å². The van der Waals surface area contributed by atoms with Gasteiger partial charge in [-0.2, -0.15) is 0 Å². The molecule has 3 rings (SSSR count). The molecule has 0 fully saturated rings. The molecule has 122 valence electrons. The number of hydrogen-bond acceptors (Lipinski definition) is 4. The number of halogens is 1. The third-order valence-electron chi connectivity index (χ3n) is 3.59. The van der Waals surface area contributed by atoms with Crippen molar-refractivity contribution in [3.8, 4) is 16.9 Å². The molecule has 1 aromatic heterocycles. The molecule has 0 aliphatic heterocycles. The van der Waals surface area contributed by atoms with Crippen LogP contribution in [0.1, 0.15) is 6.92 Å². The molecule has 24 heavy (non-hydrogen) atoms. The molecule has 2 N–H and O–H groups in total. The second-order valence-corrected chi connectivity index (χ2v) is 5.69. The normalized spacial score (nSPS) is 12.1. The van der Waals surface area contributed by atoms with E-state index in [1.807, 2.05) is 30.3 Å². The minimum atomic E-state index is -0.857. The van der Waals surface area contributed by atoms with E-state index in [2.05, 4.69) is 0 Å². The Hall–Kier alpha value is -2.79. The summed E-state index contributed by atoms with van der Waals surface area (Å²) in [5.41, 5.74) is 6.59. The van der Waals surface area contributed by atoms with Crippen LogP contribution in [-0.4, -0.2) is 12.0 Å². The van der Waals surface area contributed by atoms with Crippen molar-refractivity contribution in [2.24, 2.45) is 5.73 Å².